The van der Waals surface area contributed by atoms with Crippen LogP contribution in [0.1, 0.15) is 29.9 Å². The maximum atomic E-state index is 11.6. The lowest BCUT2D eigenvalue weighted by molar-refractivity contribution is -0.140. The first kappa shape index (κ1) is 16.5. The molecule has 1 aromatic rings. The third-order valence-corrected chi connectivity index (χ3v) is 2.86. The van der Waals surface area contributed by atoms with Crippen molar-refractivity contribution in [2.45, 2.75) is 39.3 Å². The molecule has 0 radical (unpaired) electrons. The molecular weight excluding hydrogens is 282 g/mol. The van der Waals surface area contributed by atoms with E-state index in [1.165, 1.54) is 0 Å². The molecule has 1 aromatic heterocycles. The second-order valence-electron chi connectivity index (χ2n) is 4.45. The van der Waals surface area contributed by atoms with Gasteiger partial charge in [0.2, 0.25) is 0 Å². The van der Waals surface area contributed by atoms with Crippen molar-refractivity contribution in [3.63, 3.8) is 0 Å². The van der Waals surface area contributed by atoms with Gasteiger partial charge >= 0.3 is 18.0 Å². The van der Waals surface area contributed by atoms with Gasteiger partial charge in [-0.3, -0.25) is 4.79 Å². The van der Waals surface area contributed by atoms with Gasteiger partial charge < -0.3 is 25.4 Å². The number of hydrogen-bond acceptors (Lipinski definition) is 5. The quantitative estimate of drug-likeness (QED) is 0.571. The zero-order valence-electron chi connectivity index (χ0n) is 11.7. The van der Waals surface area contributed by atoms with Crippen LogP contribution in [0.3, 0.4) is 0 Å². The number of nitrogens with zero attached hydrogens (tertiary/aromatic N) is 1. The molecule has 0 aliphatic heterocycles. The molecule has 116 valence electrons. The van der Waals surface area contributed by atoms with Gasteiger partial charge in [-0.15, -0.1) is 0 Å². The Morgan fingerprint density at radius 3 is 2.43 bits per heavy atom. The lowest BCUT2D eigenvalue weighted by atomic mass is 10.1. The van der Waals surface area contributed by atoms with Gasteiger partial charge in [0.05, 0.1) is 5.69 Å². The summed E-state index contributed by atoms with van der Waals surface area (Å²) in [5.41, 5.74) is 1.34. The predicted octanol–water partition coefficient (Wildman–Crippen LogP) is 0.409. The van der Waals surface area contributed by atoms with Crippen LogP contribution in [0, 0.1) is 13.8 Å². The first-order valence-electron chi connectivity index (χ1n) is 6.22. The topological polar surface area (TPSA) is 142 Å². The summed E-state index contributed by atoms with van der Waals surface area (Å²) >= 11 is 0. The predicted molar refractivity (Wildman–Crippen MR) is 69.6 cm³/mol. The van der Waals surface area contributed by atoms with Gasteiger partial charge in [0.1, 0.15) is 11.8 Å². The third kappa shape index (κ3) is 5.13. The molecule has 1 heterocycles. The summed E-state index contributed by atoms with van der Waals surface area (Å²) in [6, 6.07) is -1.96. The van der Waals surface area contributed by atoms with E-state index in [0.717, 1.165) is 0 Å². The molecule has 2 amide bonds. The van der Waals surface area contributed by atoms with Crippen molar-refractivity contribution in [3.05, 3.63) is 17.0 Å². The second kappa shape index (κ2) is 7.27. The van der Waals surface area contributed by atoms with E-state index >= 15 is 0 Å². The minimum Gasteiger partial charge on any atom is -0.481 e. The molecule has 0 aliphatic carbocycles. The smallest absolute Gasteiger partial charge is 0.326 e. The highest BCUT2D eigenvalue weighted by atomic mass is 16.5. The molecule has 4 N–H and O–H groups in total. The summed E-state index contributed by atoms with van der Waals surface area (Å²) in [4.78, 5) is 33.0. The van der Waals surface area contributed by atoms with Gasteiger partial charge in [0.15, 0.2) is 0 Å². The SMILES string of the molecule is Cc1noc(C)c1CNC(=O)NC(CCC(=O)O)C(=O)O. The molecule has 1 unspecified atom stereocenters. The molecular formula is C12H17N3O6. The average molecular weight is 299 g/mol. The van der Waals surface area contributed by atoms with Crippen molar-refractivity contribution in [1.82, 2.24) is 15.8 Å². The Labute approximate surface area is 120 Å². The summed E-state index contributed by atoms with van der Waals surface area (Å²) < 4.78 is 4.93. The molecule has 9 heteroatoms. The monoisotopic (exact) mass is 299 g/mol. The fourth-order valence-corrected chi connectivity index (χ4v) is 1.66. The first-order chi connectivity index (χ1) is 9.81. The molecule has 9 nitrogen and oxygen atoms in total. The number of rotatable bonds is 7. The molecule has 1 rings (SSSR count). The van der Waals surface area contributed by atoms with Crippen LogP contribution in [0.5, 0.6) is 0 Å². The minimum absolute atomic E-state index is 0.137. The number of carbonyl (C=O) groups excluding carboxylic acids is 1. The summed E-state index contributed by atoms with van der Waals surface area (Å²) in [5.74, 6) is -1.85. The summed E-state index contributed by atoms with van der Waals surface area (Å²) in [6.07, 6.45) is -0.537. The van der Waals surface area contributed by atoms with E-state index in [1.54, 1.807) is 13.8 Å². The van der Waals surface area contributed by atoms with Crippen LogP contribution < -0.4 is 10.6 Å². The van der Waals surface area contributed by atoms with Crippen molar-refractivity contribution < 1.29 is 29.1 Å². The average Bonchev–Trinajstić information content (AvgIpc) is 2.71. The molecule has 0 saturated heterocycles. The molecule has 0 aliphatic rings. The molecule has 21 heavy (non-hydrogen) atoms. The van der Waals surface area contributed by atoms with Gasteiger partial charge in [0, 0.05) is 18.5 Å². The molecule has 0 aromatic carbocycles. The highest BCUT2D eigenvalue weighted by Gasteiger charge is 2.21. The van der Waals surface area contributed by atoms with Crippen LogP contribution >= 0.6 is 0 Å². The van der Waals surface area contributed by atoms with E-state index in [2.05, 4.69) is 15.8 Å². The van der Waals surface area contributed by atoms with Crippen LogP contribution in [-0.4, -0.2) is 39.4 Å². The van der Waals surface area contributed by atoms with Crippen molar-refractivity contribution in [2.75, 3.05) is 0 Å². The Morgan fingerprint density at radius 2 is 1.95 bits per heavy atom. The van der Waals surface area contributed by atoms with Crippen molar-refractivity contribution in [1.29, 1.82) is 0 Å². The molecule has 0 spiro atoms. The van der Waals surface area contributed by atoms with E-state index in [1.807, 2.05) is 0 Å². The number of amides is 2. The number of hydrogen-bond donors (Lipinski definition) is 4. The molecule has 1 atom stereocenters. The number of carbonyl (C=O) groups is 3. The fourth-order valence-electron chi connectivity index (χ4n) is 1.66. The van der Waals surface area contributed by atoms with Gasteiger partial charge in [-0.05, 0) is 20.3 Å². The number of aryl methyl sites for hydroxylation is 2. The molecule has 0 fully saturated rings. The van der Waals surface area contributed by atoms with Crippen LogP contribution in [-0.2, 0) is 16.1 Å². The number of aromatic nitrogens is 1. The fraction of sp³-hybridized carbons (Fsp3) is 0.500. The Balaban J connectivity index is 2.50. The van der Waals surface area contributed by atoms with E-state index in [0.29, 0.717) is 17.0 Å². The Bertz CT molecular complexity index is 520. The number of nitrogens with one attached hydrogen (secondary N) is 2. The second-order valence-corrected chi connectivity index (χ2v) is 4.45. The number of aliphatic carboxylic acids is 2. The van der Waals surface area contributed by atoms with Crippen LogP contribution in [0.4, 0.5) is 4.79 Å². The summed E-state index contributed by atoms with van der Waals surface area (Å²) in [5, 5.41) is 25.9. The zero-order chi connectivity index (χ0) is 16.0. The summed E-state index contributed by atoms with van der Waals surface area (Å²) in [7, 11) is 0. The van der Waals surface area contributed by atoms with Crippen LogP contribution in [0.2, 0.25) is 0 Å². The normalized spacial score (nSPS) is 11.7. The minimum atomic E-state index is -1.29. The Kier molecular flexibility index (Phi) is 5.70. The summed E-state index contributed by atoms with van der Waals surface area (Å²) in [6.45, 7) is 3.55. The van der Waals surface area contributed by atoms with Crippen molar-refractivity contribution in [3.8, 4) is 0 Å². The van der Waals surface area contributed by atoms with Gasteiger partial charge in [-0.2, -0.15) is 0 Å². The number of carboxylic acids is 2. The van der Waals surface area contributed by atoms with Crippen LogP contribution in [0.15, 0.2) is 4.52 Å². The number of carboxylic acid groups (broad SMARTS) is 2. The highest BCUT2D eigenvalue weighted by molar-refractivity contribution is 5.83. The van der Waals surface area contributed by atoms with Crippen LogP contribution in [0.25, 0.3) is 0 Å². The zero-order valence-corrected chi connectivity index (χ0v) is 11.7. The number of urea groups is 1. The first-order valence-corrected chi connectivity index (χ1v) is 6.22. The third-order valence-electron chi connectivity index (χ3n) is 2.86. The lowest BCUT2D eigenvalue weighted by Crippen LogP contribution is -2.46. The molecule has 0 saturated carbocycles. The largest absolute Gasteiger partial charge is 0.481 e. The Hall–Kier alpha value is -2.58. The molecule has 0 bridgehead atoms. The van der Waals surface area contributed by atoms with E-state index in [4.69, 9.17) is 14.7 Å². The van der Waals surface area contributed by atoms with Crippen molar-refractivity contribution in [2.24, 2.45) is 0 Å². The van der Waals surface area contributed by atoms with E-state index < -0.39 is 24.0 Å². The standard InChI is InChI=1S/C12H17N3O6/c1-6-8(7(2)21-15-6)5-13-12(20)14-9(11(18)19)3-4-10(16)17/h9H,3-5H2,1-2H3,(H,16,17)(H,18,19)(H2,13,14,20). The maximum absolute atomic E-state index is 11.6. The lowest BCUT2D eigenvalue weighted by Gasteiger charge is -2.14. The van der Waals surface area contributed by atoms with E-state index in [9.17, 15) is 14.4 Å². The van der Waals surface area contributed by atoms with E-state index in [-0.39, 0.29) is 19.4 Å². The highest BCUT2D eigenvalue weighted by Crippen LogP contribution is 2.11. The van der Waals surface area contributed by atoms with Gasteiger partial charge in [0.25, 0.3) is 0 Å². The van der Waals surface area contributed by atoms with Gasteiger partial charge in [-0.1, -0.05) is 5.16 Å². The Morgan fingerprint density at radius 1 is 1.29 bits per heavy atom. The van der Waals surface area contributed by atoms with Gasteiger partial charge in [-0.25, -0.2) is 9.59 Å². The maximum Gasteiger partial charge on any atom is 0.326 e. The van der Waals surface area contributed by atoms with Crippen molar-refractivity contribution >= 4 is 18.0 Å².